The van der Waals surface area contributed by atoms with Crippen molar-refractivity contribution in [3.63, 3.8) is 0 Å². The number of nitrogens with zero attached hydrogens (tertiary/aromatic N) is 2. The largest absolute Gasteiger partial charge is 0.481 e. The van der Waals surface area contributed by atoms with Crippen LogP contribution >= 0.6 is 0 Å². The smallest absolute Gasteiger partial charge is 0.222 e. The lowest BCUT2D eigenvalue weighted by Gasteiger charge is -2.12. The van der Waals surface area contributed by atoms with Gasteiger partial charge < -0.3 is 10.1 Å². The number of aromatic amines is 1. The summed E-state index contributed by atoms with van der Waals surface area (Å²) in [6.45, 7) is 5.97. The molecule has 2 rings (SSSR count). The Balaban J connectivity index is 2.38. The predicted octanol–water partition coefficient (Wildman–Crippen LogP) is 1.55. The minimum absolute atomic E-state index is 0.00436. The van der Waals surface area contributed by atoms with E-state index in [2.05, 4.69) is 20.5 Å². The van der Waals surface area contributed by atoms with Crippen LogP contribution in [0.25, 0.3) is 10.9 Å². The van der Waals surface area contributed by atoms with Gasteiger partial charge in [0.05, 0.1) is 36.6 Å². The monoisotopic (exact) mass is 262 g/mol. The number of fused-ring (bicyclic) bond motifs is 1. The lowest BCUT2D eigenvalue weighted by atomic mass is 10.1. The number of aromatic nitrogens is 3. The lowest BCUT2D eigenvalue weighted by Crippen LogP contribution is -2.27. The van der Waals surface area contributed by atoms with Gasteiger partial charge in [-0.3, -0.25) is 9.89 Å². The van der Waals surface area contributed by atoms with Crippen molar-refractivity contribution in [2.24, 2.45) is 5.92 Å². The zero-order valence-electron chi connectivity index (χ0n) is 11.6. The predicted molar refractivity (Wildman–Crippen MR) is 71.9 cm³/mol. The van der Waals surface area contributed by atoms with Crippen LogP contribution in [0.1, 0.15) is 25.1 Å². The summed E-state index contributed by atoms with van der Waals surface area (Å²) in [5, 5.41) is 10.8. The highest BCUT2D eigenvalue weighted by molar-refractivity contribution is 5.85. The SMILES string of the molecule is COc1nc(C)c2cn[nH]c2c1CNC(=O)C(C)C. The highest BCUT2D eigenvalue weighted by Crippen LogP contribution is 2.26. The van der Waals surface area contributed by atoms with E-state index in [0.717, 1.165) is 22.2 Å². The number of methoxy groups -OCH3 is 1. The number of carbonyl (C=O) groups is 1. The van der Waals surface area contributed by atoms with Gasteiger partial charge in [-0.25, -0.2) is 4.98 Å². The minimum Gasteiger partial charge on any atom is -0.481 e. The molecule has 0 aliphatic rings. The first kappa shape index (κ1) is 13.3. The third-order valence-electron chi connectivity index (χ3n) is 3.02. The van der Waals surface area contributed by atoms with Gasteiger partial charge in [-0.15, -0.1) is 0 Å². The Labute approximate surface area is 111 Å². The summed E-state index contributed by atoms with van der Waals surface area (Å²) in [7, 11) is 1.57. The number of ether oxygens (including phenoxy) is 1. The molecule has 2 aromatic rings. The first-order valence-electron chi connectivity index (χ1n) is 6.18. The Kier molecular flexibility index (Phi) is 3.69. The second kappa shape index (κ2) is 5.26. The Bertz CT molecular complexity index is 604. The molecular formula is C13H18N4O2. The minimum atomic E-state index is -0.0540. The van der Waals surface area contributed by atoms with Crippen LogP contribution in [-0.2, 0) is 11.3 Å². The van der Waals surface area contributed by atoms with Crippen molar-refractivity contribution in [3.05, 3.63) is 17.5 Å². The molecule has 0 spiro atoms. The van der Waals surface area contributed by atoms with Crippen LogP contribution in [-0.4, -0.2) is 28.2 Å². The summed E-state index contributed by atoms with van der Waals surface area (Å²) in [4.78, 5) is 16.0. The summed E-state index contributed by atoms with van der Waals surface area (Å²) in [5.41, 5.74) is 2.52. The highest BCUT2D eigenvalue weighted by atomic mass is 16.5. The van der Waals surface area contributed by atoms with Crippen molar-refractivity contribution in [1.29, 1.82) is 0 Å². The molecule has 19 heavy (non-hydrogen) atoms. The van der Waals surface area contributed by atoms with E-state index in [-0.39, 0.29) is 11.8 Å². The van der Waals surface area contributed by atoms with Crippen molar-refractivity contribution in [3.8, 4) is 5.88 Å². The van der Waals surface area contributed by atoms with Gasteiger partial charge in [-0.05, 0) is 6.92 Å². The normalized spacial score (nSPS) is 11.0. The molecule has 2 aromatic heterocycles. The molecule has 6 heteroatoms. The van der Waals surface area contributed by atoms with Gasteiger partial charge in [-0.1, -0.05) is 13.8 Å². The molecule has 0 unspecified atom stereocenters. The first-order valence-corrected chi connectivity index (χ1v) is 6.18. The fourth-order valence-electron chi connectivity index (χ4n) is 1.89. The van der Waals surface area contributed by atoms with Gasteiger partial charge in [0.25, 0.3) is 0 Å². The summed E-state index contributed by atoms with van der Waals surface area (Å²) in [6.07, 6.45) is 1.73. The van der Waals surface area contributed by atoms with Crippen molar-refractivity contribution >= 4 is 16.8 Å². The molecule has 0 saturated carbocycles. The molecule has 102 valence electrons. The Morgan fingerprint density at radius 1 is 1.53 bits per heavy atom. The van der Waals surface area contributed by atoms with Crippen molar-refractivity contribution in [2.75, 3.05) is 7.11 Å². The van der Waals surface area contributed by atoms with E-state index in [1.54, 1.807) is 13.3 Å². The molecular weight excluding hydrogens is 244 g/mol. The maximum absolute atomic E-state index is 11.7. The van der Waals surface area contributed by atoms with E-state index in [1.165, 1.54) is 0 Å². The Morgan fingerprint density at radius 2 is 2.26 bits per heavy atom. The van der Waals surface area contributed by atoms with Gasteiger partial charge in [0.15, 0.2) is 0 Å². The van der Waals surface area contributed by atoms with Crippen LogP contribution in [0.3, 0.4) is 0 Å². The Morgan fingerprint density at radius 3 is 2.89 bits per heavy atom. The van der Waals surface area contributed by atoms with E-state index < -0.39 is 0 Å². The van der Waals surface area contributed by atoms with E-state index in [0.29, 0.717) is 12.4 Å². The van der Waals surface area contributed by atoms with Crippen molar-refractivity contribution in [1.82, 2.24) is 20.5 Å². The number of hydrogen-bond donors (Lipinski definition) is 2. The lowest BCUT2D eigenvalue weighted by molar-refractivity contribution is -0.124. The van der Waals surface area contributed by atoms with Crippen molar-refractivity contribution < 1.29 is 9.53 Å². The number of amides is 1. The second-order valence-electron chi connectivity index (χ2n) is 4.72. The number of aryl methyl sites for hydroxylation is 1. The number of pyridine rings is 1. The molecule has 6 nitrogen and oxygen atoms in total. The van der Waals surface area contributed by atoms with Crippen molar-refractivity contribution in [2.45, 2.75) is 27.3 Å². The second-order valence-corrected chi connectivity index (χ2v) is 4.72. The summed E-state index contributed by atoms with van der Waals surface area (Å²) in [6, 6.07) is 0. The quantitative estimate of drug-likeness (QED) is 0.876. The zero-order chi connectivity index (χ0) is 14.0. The summed E-state index contributed by atoms with van der Waals surface area (Å²) >= 11 is 0. The molecule has 0 saturated heterocycles. The number of H-pyrrole nitrogens is 1. The number of carbonyl (C=O) groups excluding carboxylic acids is 1. The topological polar surface area (TPSA) is 79.9 Å². The molecule has 0 atom stereocenters. The molecule has 0 aliphatic carbocycles. The van der Waals surface area contributed by atoms with Crippen LogP contribution in [0.5, 0.6) is 5.88 Å². The average Bonchev–Trinajstić information content (AvgIpc) is 2.86. The summed E-state index contributed by atoms with van der Waals surface area (Å²) in [5.74, 6) is 0.454. The number of nitrogens with one attached hydrogen (secondary N) is 2. The third-order valence-corrected chi connectivity index (χ3v) is 3.02. The number of hydrogen-bond acceptors (Lipinski definition) is 4. The third kappa shape index (κ3) is 2.52. The van der Waals surface area contributed by atoms with Crippen LogP contribution in [0, 0.1) is 12.8 Å². The maximum atomic E-state index is 11.7. The van der Waals surface area contributed by atoms with E-state index >= 15 is 0 Å². The van der Waals surface area contributed by atoms with Gasteiger partial charge in [0.2, 0.25) is 11.8 Å². The molecule has 1 amide bonds. The molecule has 0 bridgehead atoms. The van der Waals surface area contributed by atoms with E-state index in [1.807, 2.05) is 20.8 Å². The van der Waals surface area contributed by atoms with E-state index in [4.69, 9.17) is 4.74 Å². The molecule has 0 radical (unpaired) electrons. The van der Waals surface area contributed by atoms with Crippen LogP contribution < -0.4 is 10.1 Å². The maximum Gasteiger partial charge on any atom is 0.222 e. The average molecular weight is 262 g/mol. The zero-order valence-corrected chi connectivity index (χ0v) is 11.6. The van der Waals surface area contributed by atoms with Gasteiger partial charge in [-0.2, -0.15) is 5.10 Å². The Hall–Kier alpha value is -2.11. The van der Waals surface area contributed by atoms with Crippen LogP contribution in [0.15, 0.2) is 6.20 Å². The van der Waals surface area contributed by atoms with Gasteiger partial charge >= 0.3 is 0 Å². The highest BCUT2D eigenvalue weighted by Gasteiger charge is 2.15. The fourth-order valence-corrected chi connectivity index (χ4v) is 1.89. The molecule has 0 aliphatic heterocycles. The summed E-state index contributed by atoms with van der Waals surface area (Å²) < 4.78 is 5.29. The molecule has 0 fully saturated rings. The van der Waals surface area contributed by atoms with Crippen LogP contribution in [0.4, 0.5) is 0 Å². The fraction of sp³-hybridized carbons (Fsp3) is 0.462. The van der Waals surface area contributed by atoms with Gasteiger partial charge in [0.1, 0.15) is 0 Å². The van der Waals surface area contributed by atoms with Gasteiger partial charge in [0, 0.05) is 11.3 Å². The molecule has 2 heterocycles. The molecule has 0 aromatic carbocycles. The first-order chi connectivity index (χ1) is 9.04. The van der Waals surface area contributed by atoms with Crippen LogP contribution in [0.2, 0.25) is 0 Å². The molecule has 2 N–H and O–H groups in total. The van der Waals surface area contributed by atoms with E-state index in [9.17, 15) is 4.79 Å². The standard InChI is InChI=1S/C13H18N4O2/c1-7(2)12(18)14-5-10-11-9(6-15-17-11)8(3)16-13(10)19-4/h6-7H,5H2,1-4H3,(H,14,18)(H,15,17). The number of rotatable bonds is 4.